The van der Waals surface area contributed by atoms with Gasteiger partial charge < -0.3 is 5.32 Å². The summed E-state index contributed by atoms with van der Waals surface area (Å²) in [5.41, 5.74) is 0.413. The Hall–Kier alpha value is 0.0300. The number of halogens is 5. The van der Waals surface area contributed by atoms with Gasteiger partial charge in [0.05, 0.1) is 15.1 Å². The van der Waals surface area contributed by atoms with Gasteiger partial charge in [0.25, 0.3) is 0 Å². The Kier molecular flexibility index (Phi) is 4.91. The van der Waals surface area contributed by atoms with Crippen molar-refractivity contribution in [2.75, 3.05) is 6.54 Å². The van der Waals surface area contributed by atoms with Crippen LogP contribution in [0.15, 0.2) is 6.07 Å². The van der Waals surface area contributed by atoms with E-state index in [4.69, 9.17) is 23.2 Å². The highest BCUT2D eigenvalue weighted by atomic mass is 35.5. The van der Waals surface area contributed by atoms with E-state index >= 15 is 0 Å². The summed E-state index contributed by atoms with van der Waals surface area (Å²) in [6.07, 6.45) is -5.18. The highest BCUT2D eigenvalue weighted by Crippen LogP contribution is 2.38. The van der Waals surface area contributed by atoms with Crippen LogP contribution in [0.1, 0.15) is 24.9 Å². The molecular formula is C9H10Cl2F3NS. The number of alkyl halides is 3. The van der Waals surface area contributed by atoms with Crippen molar-refractivity contribution in [2.24, 2.45) is 0 Å². The molecule has 0 saturated heterocycles. The summed E-state index contributed by atoms with van der Waals surface area (Å²) in [6.45, 7) is 2.18. The SMILES string of the molecule is CCNC(CC(F)(F)F)c1cc(Cl)sc1Cl. The second-order valence-corrected chi connectivity index (χ2v) is 5.49. The third-order valence-corrected chi connectivity index (χ3v) is 3.46. The molecule has 1 aromatic rings. The van der Waals surface area contributed by atoms with Crippen molar-refractivity contribution in [2.45, 2.75) is 25.6 Å². The molecule has 0 aromatic carbocycles. The highest BCUT2D eigenvalue weighted by molar-refractivity contribution is 7.20. The van der Waals surface area contributed by atoms with Gasteiger partial charge in [-0.1, -0.05) is 30.1 Å². The molecule has 7 heteroatoms. The van der Waals surface area contributed by atoms with Gasteiger partial charge in [0.2, 0.25) is 0 Å². The van der Waals surface area contributed by atoms with Crippen LogP contribution < -0.4 is 5.32 Å². The van der Waals surface area contributed by atoms with Gasteiger partial charge >= 0.3 is 6.18 Å². The zero-order valence-corrected chi connectivity index (χ0v) is 10.7. The fraction of sp³-hybridized carbons (Fsp3) is 0.556. The monoisotopic (exact) mass is 291 g/mol. The normalized spacial score (nSPS) is 14.1. The lowest BCUT2D eigenvalue weighted by molar-refractivity contribution is -0.140. The number of rotatable bonds is 4. The molecule has 0 aliphatic rings. The van der Waals surface area contributed by atoms with Gasteiger partial charge in [0.15, 0.2) is 0 Å². The summed E-state index contributed by atoms with van der Waals surface area (Å²) in [6, 6.07) is 0.648. The van der Waals surface area contributed by atoms with Crippen molar-refractivity contribution < 1.29 is 13.2 Å². The van der Waals surface area contributed by atoms with Gasteiger partial charge in [0, 0.05) is 11.6 Å². The first-order valence-electron chi connectivity index (χ1n) is 4.58. The molecule has 1 nitrogen and oxygen atoms in total. The van der Waals surface area contributed by atoms with Gasteiger partial charge in [0.1, 0.15) is 0 Å². The first-order chi connectivity index (χ1) is 7.33. The lowest BCUT2D eigenvalue weighted by atomic mass is 10.1. The number of nitrogens with one attached hydrogen (secondary N) is 1. The molecular weight excluding hydrogens is 282 g/mol. The summed E-state index contributed by atoms with van der Waals surface area (Å²) in [7, 11) is 0. The van der Waals surface area contributed by atoms with E-state index < -0.39 is 18.6 Å². The fourth-order valence-electron chi connectivity index (χ4n) is 1.36. The van der Waals surface area contributed by atoms with Gasteiger partial charge in [-0.25, -0.2) is 0 Å². The Labute approximate surface area is 106 Å². The van der Waals surface area contributed by atoms with Gasteiger partial charge in [-0.05, 0) is 12.6 Å². The molecule has 1 N–H and O–H groups in total. The number of hydrogen-bond acceptors (Lipinski definition) is 2. The molecule has 0 spiro atoms. The second kappa shape index (κ2) is 5.58. The van der Waals surface area contributed by atoms with E-state index in [9.17, 15) is 13.2 Å². The van der Waals surface area contributed by atoms with Crippen molar-refractivity contribution in [3.63, 3.8) is 0 Å². The minimum Gasteiger partial charge on any atom is -0.310 e. The van der Waals surface area contributed by atoms with Crippen molar-refractivity contribution in [3.8, 4) is 0 Å². The molecule has 1 atom stereocenters. The number of thiophene rings is 1. The van der Waals surface area contributed by atoms with Crippen molar-refractivity contribution in [1.29, 1.82) is 0 Å². The molecule has 92 valence electrons. The molecule has 16 heavy (non-hydrogen) atoms. The standard InChI is InChI=1S/C9H10Cl2F3NS/c1-2-15-6(4-9(12,13)14)5-3-7(10)16-8(5)11/h3,6,15H,2,4H2,1H3. The Morgan fingerprint density at radius 1 is 1.44 bits per heavy atom. The minimum atomic E-state index is -4.23. The summed E-state index contributed by atoms with van der Waals surface area (Å²) in [5, 5.41) is 2.75. The van der Waals surface area contributed by atoms with Crippen LogP contribution in [0.25, 0.3) is 0 Å². The molecule has 1 unspecified atom stereocenters. The molecule has 0 aliphatic heterocycles. The maximum Gasteiger partial charge on any atom is 0.390 e. The van der Waals surface area contributed by atoms with Crippen molar-refractivity contribution in [1.82, 2.24) is 5.32 Å². The summed E-state index contributed by atoms with van der Waals surface area (Å²) >= 11 is 12.6. The van der Waals surface area contributed by atoms with Crippen LogP contribution in [-0.2, 0) is 0 Å². The second-order valence-electron chi connectivity index (χ2n) is 3.21. The highest BCUT2D eigenvalue weighted by Gasteiger charge is 2.33. The molecule has 0 amide bonds. The van der Waals surface area contributed by atoms with Crippen LogP contribution in [-0.4, -0.2) is 12.7 Å². The minimum absolute atomic E-state index is 0.306. The maximum absolute atomic E-state index is 12.3. The first kappa shape index (κ1) is 14.1. The molecule has 0 saturated carbocycles. The zero-order chi connectivity index (χ0) is 12.3. The summed E-state index contributed by atoms with van der Waals surface area (Å²) < 4.78 is 37.7. The van der Waals surface area contributed by atoms with Crippen LogP contribution >= 0.6 is 34.5 Å². The summed E-state index contributed by atoms with van der Waals surface area (Å²) in [4.78, 5) is 0. The Morgan fingerprint density at radius 3 is 2.44 bits per heavy atom. The van der Waals surface area contributed by atoms with Crippen LogP contribution in [0, 0.1) is 0 Å². The van der Waals surface area contributed by atoms with E-state index in [1.807, 2.05) is 0 Å². The Bertz CT molecular complexity index is 351. The third kappa shape index (κ3) is 4.13. The van der Waals surface area contributed by atoms with E-state index in [1.165, 1.54) is 6.07 Å². The van der Waals surface area contributed by atoms with Crippen molar-refractivity contribution >= 4 is 34.5 Å². The van der Waals surface area contributed by atoms with E-state index in [2.05, 4.69) is 5.32 Å². The van der Waals surface area contributed by atoms with Crippen LogP contribution in [0.3, 0.4) is 0 Å². The van der Waals surface area contributed by atoms with Gasteiger partial charge in [-0.2, -0.15) is 13.2 Å². The van der Waals surface area contributed by atoms with Crippen molar-refractivity contribution in [3.05, 3.63) is 20.3 Å². The zero-order valence-electron chi connectivity index (χ0n) is 8.37. The van der Waals surface area contributed by atoms with E-state index in [1.54, 1.807) is 6.92 Å². The quantitative estimate of drug-likeness (QED) is 0.851. The smallest absolute Gasteiger partial charge is 0.310 e. The molecule has 1 heterocycles. The molecule has 1 rings (SSSR count). The predicted molar refractivity (Wildman–Crippen MR) is 61.4 cm³/mol. The lowest BCUT2D eigenvalue weighted by Gasteiger charge is -2.19. The van der Waals surface area contributed by atoms with Crippen LogP contribution in [0.5, 0.6) is 0 Å². The van der Waals surface area contributed by atoms with Gasteiger partial charge in [-0.15, -0.1) is 11.3 Å². The van der Waals surface area contributed by atoms with Gasteiger partial charge in [-0.3, -0.25) is 0 Å². The Morgan fingerprint density at radius 2 is 2.06 bits per heavy atom. The van der Waals surface area contributed by atoms with Crippen LogP contribution in [0.2, 0.25) is 8.67 Å². The average molecular weight is 292 g/mol. The summed E-state index contributed by atoms with van der Waals surface area (Å²) in [5.74, 6) is 0. The molecule has 0 aliphatic carbocycles. The molecule has 1 aromatic heterocycles. The fourth-order valence-corrected chi connectivity index (χ4v) is 2.94. The largest absolute Gasteiger partial charge is 0.390 e. The van der Waals surface area contributed by atoms with E-state index in [-0.39, 0.29) is 0 Å². The van der Waals surface area contributed by atoms with E-state index in [0.29, 0.717) is 20.8 Å². The Balaban J connectivity index is 2.89. The van der Waals surface area contributed by atoms with Crippen LogP contribution in [0.4, 0.5) is 13.2 Å². The predicted octanol–water partition coefficient (Wildman–Crippen LogP) is 4.66. The average Bonchev–Trinajstić information content (AvgIpc) is 2.42. The third-order valence-electron chi connectivity index (χ3n) is 1.94. The molecule has 0 fully saturated rings. The van der Waals surface area contributed by atoms with E-state index in [0.717, 1.165) is 11.3 Å². The topological polar surface area (TPSA) is 12.0 Å². The lowest BCUT2D eigenvalue weighted by Crippen LogP contribution is -2.26. The first-order valence-corrected chi connectivity index (χ1v) is 6.15. The number of hydrogen-bond donors (Lipinski definition) is 1. The molecule has 0 radical (unpaired) electrons. The molecule has 0 bridgehead atoms. The maximum atomic E-state index is 12.3.